The van der Waals surface area contributed by atoms with Gasteiger partial charge in [-0.05, 0) is 37.1 Å². The summed E-state index contributed by atoms with van der Waals surface area (Å²) in [5, 5.41) is 10.2. The molecule has 0 saturated carbocycles. The predicted octanol–water partition coefficient (Wildman–Crippen LogP) is 1.88. The highest BCUT2D eigenvalue weighted by Gasteiger charge is 2.53. The third-order valence-electron chi connectivity index (χ3n) is 5.02. The van der Waals surface area contributed by atoms with E-state index in [0.717, 1.165) is 36.4 Å². The lowest BCUT2D eigenvalue weighted by atomic mass is 9.86. The van der Waals surface area contributed by atoms with Crippen LogP contribution in [0.2, 0.25) is 0 Å². The van der Waals surface area contributed by atoms with Gasteiger partial charge >= 0.3 is 6.03 Å². The van der Waals surface area contributed by atoms with E-state index in [-0.39, 0.29) is 18.2 Å². The van der Waals surface area contributed by atoms with Crippen LogP contribution in [0.5, 0.6) is 5.75 Å². The number of nitrogens with zero attached hydrogens (tertiary/aromatic N) is 2. The van der Waals surface area contributed by atoms with Crippen molar-refractivity contribution in [2.45, 2.75) is 37.1 Å². The number of hydrogen-bond acceptors (Lipinski definition) is 4. The van der Waals surface area contributed by atoms with E-state index < -0.39 is 5.72 Å². The van der Waals surface area contributed by atoms with Crippen LogP contribution < -0.4 is 15.4 Å². The summed E-state index contributed by atoms with van der Waals surface area (Å²) in [5.41, 5.74) is 1.15. The number of amides is 2. The molecule has 24 heavy (non-hydrogen) atoms. The number of carbonyl (C=O) groups excluding carboxylic acids is 1. The second kappa shape index (κ2) is 4.98. The zero-order valence-electron chi connectivity index (χ0n) is 13.1. The number of fused-ring (bicyclic) bond motifs is 4. The molecule has 2 unspecified atom stereocenters. The van der Waals surface area contributed by atoms with Crippen molar-refractivity contribution in [1.82, 2.24) is 20.4 Å². The van der Waals surface area contributed by atoms with Crippen LogP contribution in [0.1, 0.15) is 30.9 Å². The molecular formula is C17H18N4O3. The summed E-state index contributed by atoms with van der Waals surface area (Å²) in [7, 11) is 0. The second-order valence-corrected chi connectivity index (χ2v) is 6.52. The van der Waals surface area contributed by atoms with Gasteiger partial charge in [0.2, 0.25) is 5.72 Å². The summed E-state index contributed by atoms with van der Waals surface area (Å²) in [5.74, 6) is 0.783. The standard InChI is InChI=1S/C17H18N4O3/c22-16-19-13-10-17(20-16,15-3-1-8-23-15)24-14-5-4-11(9-12(13)14)21-7-2-6-18-21/h2,4-7,9,13,15H,1,3,8,10H2,(H2,19,20,22)/t13?,15-,17?/m0/s1. The molecule has 3 atom stereocenters. The first-order valence-corrected chi connectivity index (χ1v) is 8.27. The van der Waals surface area contributed by atoms with Gasteiger partial charge < -0.3 is 14.8 Å². The van der Waals surface area contributed by atoms with Crippen LogP contribution in [0.4, 0.5) is 4.79 Å². The smallest absolute Gasteiger partial charge is 0.318 e. The van der Waals surface area contributed by atoms with E-state index in [2.05, 4.69) is 15.7 Å². The van der Waals surface area contributed by atoms with Crippen LogP contribution in [0.3, 0.4) is 0 Å². The van der Waals surface area contributed by atoms with Gasteiger partial charge in [-0.2, -0.15) is 5.10 Å². The van der Waals surface area contributed by atoms with Gasteiger partial charge in [-0.1, -0.05) is 0 Å². The zero-order chi connectivity index (χ0) is 16.1. The van der Waals surface area contributed by atoms with Gasteiger partial charge in [-0.3, -0.25) is 5.32 Å². The van der Waals surface area contributed by atoms with Crippen LogP contribution >= 0.6 is 0 Å². The molecule has 3 aliphatic rings. The molecule has 2 amide bonds. The van der Waals surface area contributed by atoms with Gasteiger partial charge in [0.15, 0.2) is 0 Å². The number of benzene rings is 1. The number of rotatable bonds is 2. The lowest BCUT2D eigenvalue weighted by Crippen LogP contribution is -2.69. The van der Waals surface area contributed by atoms with Gasteiger partial charge in [0.05, 0.1) is 11.7 Å². The first-order chi connectivity index (χ1) is 11.7. The molecule has 124 valence electrons. The highest BCUT2D eigenvalue weighted by molar-refractivity contribution is 5.77. The van der Waals surface area contributed by atoms with E-state index in [9.17, 15) is 4.79 Å². The summed E-state index contributed by atoms with van der Waals surface area (Å²) in [6.07, 6.45) is 6.07. The van der Waals surface area contributed by atoms with Gasteiger partial charge in [0, 0.05) is 31.0 Å². The van der Waals surface area contributed by atoms with Crippen molar-refractivity contribution in [3.8, 4) is 11.4 Å². The summed E-state index contributed by atoms with van der Waals surface area (Å²) < 4.78 is 13.9. The molecule has 3 aliphatic heterocycles. The van der Waals surface area contributed by atoms with Gasteiger partial charge in [-0.25, -0.2) is 9.48 Å². The zero-order valence-corrected chi connectivity index (χ0v) is 13.1. The molecule has 2 aromatic rings. The van der Waals surface area contributed by atoms with Crippen molar-refractivity contribution in [2.24, 2.45) is 0 Å². The summed E-state index contributed by atoms with van der Waals surface area (Å²) in [4.78, 5) is 12.2. The average molecular weight is 326 g/mol. The van der Waals surface area contributed by atoms with E-state index in [4.69, 9.17) is 9.47 Å². The normalized spacial score (nSPS) is 30.9. The van der Waals surface area contributed by atoms with Crippen LogP contribution in [0.15, 0.2) is 36.7 Å². The molecule has 2 saturated heterocycles. The first kappa shape index (κ1) is 13.9. The summed E-state index contributed by atoms with van der Waals surface area (Å²) in [6.45, 7) is 0.717. The molecule has 2 bridgehead atoms. The molecule has 0 aliphatic carbocycles. The third-order valence-corrected chi connectivity index (χ3v) is 5.02. The SMILES string of the molecule is O=C1NC2CC([C@@H]3CCCO3)(N1)Oc1ccc(-n3cccn3)cc12. The van der Waals surface area contributed by atoms with Crippen molar-refractivity contribution in [2.75, 3.05) is 6.61 Å². The Morgan fingerprint density at radius 3 is 3.12 bits per heavy atom. The summed E-state index contributed by atoms with van der Waals surface area (Å²) in [6, 6.07) is 7.52. The van der Waals surface area contributed by atoms with Crippen molar-refractivity contribution in [3.63, 3.8) is 0 Å². The average Bonchev–Trinajstić information content (AvgIpc) is 3.28. The fourth-order valence-electron chi connectivity index (χ4n) is 3.93. The van der Waals surface area contributed by atoms with Gasteiger partial charge in [0.1, 0.15) is 11.9 Å². The van der Waals surface area contributed by atoms with Crippen molar-refractivity contribution in [3.05, 3.63) is 42.2 Å². The van der Waals surface area contributed by atoms with Crippen LogP contribution in [-0.2, 0) is 4.74 Å². The number of nitrogens with one attached hydrogen (secondary N) is 2. The maximum Gasteiger partial charge on any atom is 0.318 e. The molecule has 7 nitrogen and oxygen atoms in total. The van der Waals surface area contributed by atoms with E-state index in [1.807, 2.05) is 30.5 Å². The monoisotopic (exact) mass is 326 g/mol. The van der Waals surface area contributed by atoms with E-state index in [1.165, 1.54) is 0 Å². The number of urea groups is 1. The minimum Gasteiger partial charge on any atom is -0.465 e. The van der Waals surface area contributed by atoms with E-state index >= 15 is 0 Å². The Balaban J connectivity index is 1.57. The van der Waals surface area contributed by atoms with Gasteiger partial charge in [0.25, 0.3) is 0 Å². The van der Waals surface area contributed by atoms with E-state index in [1.54, 1.807) is 10.9 Å². The van der Waals surface area contributed by atoms with Crippen LogP contribution in [-0.4, -0.2) is 34.2 Å². The maximum atomic E-state index is 12.2. The molecule has 0 radical (unpaired) electrons. The molecule has 4 heterocycles. The predicted molar refractivity (Wildman–Crippen MR) is 84.9 cm³/mol. The van der Waals surface area contributed by atoms with Crippen LogP contribution in [0, 0.1) is 0 Å². The fraction of sp³-hybridized carbons (Fsp3) is 0.412. The minimum absolute atomic E-state index is 0.0952. The fourth-order valence-corrected chi connectivity index (χ4v) is 3.93. The van der Waals surface area contributed by atoms with Crippen molar-refractivity contribution >= 4 is 6.03 Å². The number of aromatic nitrogens is 2. The Hall–Kier alpha value is -2.54. The molecule has 7 heteroatoms. The second-order valence-electron chi connectivity index (χ2n) is 6.52. The molecule has 0 spiro atoms. The molecule has 1 aromatic carbocycles. The Kier molecular flexibility index (Phi) is 2.87. The largest absolute Gasteiger partial charge is 0.465 e. The number of carbonyl (C=O) groups is 1. The molecule has 1 aromatic heterocycles. The highest BCUT2D eigenvalue weighted by atomic mass is 16.6. The Bertz CT molecular complexity index is 785. The molecule has 5 rings (SSSR count). The number of hydrogen-bond donors (Lipinski definition) is 2. The summed E-state index contributed by atoms with van der Waals surface area (Å²) >= 11 is 0. The van der Waals surface area contributed by atoms with Gasteiger partial charge in [-0.15, -0.1) is 0 Å². The highest BCUT2D eigenvalue weighted by Crippen LogP contribution is 2.44. The maximum absolute atomic E-state index is 12.2. The Morgan fingerprint density at radius 2 is 2.33 bits per heavy atom. The molecular weight excluding hydrogens is 308 g/mol. The Labute approximate surface area is 138 Å². The van der Waals surface area contributed by atoms with Crippen LogP contribution in [0.25, 0.3) is 5.69 Å². The minimum atomic E-state index is -0.774. The quantitative estimate of drug-likeness (QED) is 0.883. The first-order valence-electron chi connectivity index (χ1n) is 8.27. The lowest BCUT2D eigenvalue weighted by molar-refractivity contribution is -0.105. The van der Waals surface area contributed by atoms with Crippen molar-refractivity contribution in [1.29, 1.82) is 0 Å². The number of ether oxygens (including phenoxy) is 2. The van der Waals surface area contributed by atoms with E-state index in [0.29, 0.717) is 6.42 Å². The lowest BCUT2D eigenvalue weighted by Gasteiger charge is -2.48. The van der Waals surface area contributed by atoms with Crippen molar-refractivity contribution < 1.29 is 14.3 Å². The molecule has 2 fully saturated rings. The topological polar surface area (TPSA) is 77.4 Å². The third kappa shape index (κ3) is 2.01. The molecule has 2 N–H and O–H groups in total. The Morgan fingerprint density at radius 1 is 1.38 bits per heavy atom.